The summed E-state index contributed by atoms with van der Waals surface area (Å²) in [5.41, 5.74) is 4.54. The number of para-hydroxylation sites is 1. The molecule has 1 atom stereocenters. The molecule has 6 nitrogen and oxygen atoms in total. The maximum atomic E-state index is 12.6. The van der Waals surface area contributed by atoms with Crippen LogP contribution in [0.1, 0.15) is 24.0 Å². The molecule has 0 aliphatic rings. The van der Waals surface area contributed by atoms with Crippen molar-refractivity contribution in [3.63, 3.8) is 0 Å². The zero-order valence-electron chi connectivity index (χ0n) is 17.6. The SMILES string of the molecule is CCn1ccnc(NCC(c2ccc(N(C)C)cc2)c2c[nH]c3ccccc23)c1=O. The first kappa shape index (κ1) is 19.8. The summed E-state index contributed by atoms with van der Waals surface area (Å²) in [6.45, 7) is 3.14. The number of aromatic amines is 1. The van der Waals surface area contributed by atoms with Crippen LogP contribution >= 0.6 is 0 Å². The van der Waals surface area contributed by atoms with Crippen LogP contribution in [-0.2, 0) is 6.54 Å². The van der Waals surface area contributed by atoms with Gasteiger partial charge in [-0.05, 0) is 36.2 Å². The van der Waals surface area contributed by atoms with Gasteiger partial charge in [-0.25, -0.2) is 4.98 Å². The predicted molar refractivity (Wildman–Crippen MR) is 124 cm³/mol. The van der Waals surface area contributed by atoms with E-state index in [0.717, 1.165) is 11.2 Å². The maximum Gasteiger partial charge on any atom is 0.293 e. The Morgan fingerprint density at radius 1 is 1.13 bits per heavy atom. The highest BCUT2D eigenvalue weighted by Gasteiger charge is 2.19. The molecule has 2 aromatic heterocycles. The Morgan fingerprint density at radius 3 is 2.63 bits per heavy atom. The molecule has 6 heteroatoms. The van der Waals surface area contributed by atoms with Gasteiger partial charge in [0.15, 0.2) is 5.82 Å². The quantitative estimate of drug-likeness (QED) is 0.490. The fraction of sp³-hybridized carbons (Fsp3) is 0.250. The highest BCUT2D eigenvalue weighted by molar-refractivity contribution is 5.84. The summed E-state index contributed by atoms with van der Waals surface area (Å²) in [6, 6.07) is 16.9. The maximum absolute atomic E-state index is 12.6. The first-order valence-corrected chi connectivity index (χ1v) is 10.2. The summed E-state index contributed by atoms with van der Waals surface area (Å²) >= 11 is 0. The van der Waals surface area contributed by atoms with Crippen LogP contribution < -0.4 is 15.8 Å². The fourth-order valence-corrected chi connectivity index (χ4v) is 3.81. The molecule has 4 aromatic rings. The number of anilines is 2. The lowest BCUT2D eigenvalue weighted by atomic mass is 9.90. The summed E-state index contributed by atoms with van der Waals surface area (Å²) in [5.74, 6) is 0.447. The molecule has 0 saturated heterocycles. The minimum Gasteiger partial charge on any atom is -0.378 e. The van der Waals surface area contributed by atoms with E-state index in [1.54, 1.807) is 17.0 Å². The van der Waals surface area contributed by atoms with Crippen LogP contribution in [0.25, 0.3) is 10.9 Å². The molecule has 2 heterocycles. The molecule has 154 valence electrons. The third-order valence-electron chi connectivity index (χ3n) is 5.54. The summed E-state index contributed by atoms with van der Waals surface area (Å²) in [5, 5.41) is 4.50. The zero-order valence-corrected chi connectivity index (χ0v) is 17.6. The van der Waals surface area contributed by atoms with E-state index in [0.29, 0.717) is 18.9 Å². The fourth-order valence-electron chi connectivity index (χ4n) is 3.81. The molecule has 0 aliphatic heterocycles. The van der Waals surface area contributed by atoms with Crippen molar-refractivity contribution in [1.82, 2.24) is 14.5 Å². The number of nitrogens with one attached hydrogen (secondary N) is 2. The van der Waals surface area contributed by atoms with Crippen LogP contribution in [-0.4, -0.2) is 35.2 Å². The van der Waals surface area contributed by atoms with E-state index < -0.39 is 0 Å². The van der Waals surface area contributed by atoms with Crippen LogP contribution in [0.15, 0.2) is 71.9 Å². The van der Waals surface area contributed by atoms with E-state index in [9.17, 15) is 4.79 Å². The third-order valence-corrected chi connectivity index (χ3v) is 5.54. The van der Waals surface area contributed by atoms with Gasteiger partial charge in [-0.3, -0.25) is 4.79 Å². The smallest absolute Gasteiger partial charge is 0.293 e. The molecule has 2 aromatic carbocycles. The van der Waals surface area contributed by atoms with E-state index in [-0.39, 0.29) is 11.5 Å². The standard InChI is InChI=1S/C24H27N5O/c1-4-29-14-13-25-23(24(29)30)27-15-20(17-9-11-18(12-10-17)28(2)3)21-16-26-22-8-6-5-7-19(21)22/h5-14,16,20,26H,4,15H2,1-3H3,(H,25,27). The van der Waals surface area contributed by atoms with E-state index in [1.807, 2.05) is 27.1 Å². The normalized spacial score (nSPS) is 12.1. The molecular weight excluding hydrogens is 374 g/mol. The van der Waals surface area contributed by atoms with Gasteiger partial charge in [-0.2, -0.15) is 0 Å². The molecule has 0 fully saturated rings. The summed E-state index contributed by atoms with van der Waals surface area (Å²) in [6.07, 6.45) is 5.45. The minimum atomic E-state index is -0.0966. The van der Waals surface area contributed by atoms with Crippen molar-refractivity contribution in [2.24, 2.45) is 0 Å². The van der Waals surface area contributed by atoms with Crippen LogP contribution in [0.4, 0.5) is 11.5 Å². The van der Waals surface area contributed by atoms with Crippen molar-refractivity contribution < 1.29 is 0 Å². The molecule has 0 spiro atoms. The van der Waals surface area contributed by atoms with Crippen molar-refractivity contribution >= 4 is 22.4 Å². The van der Waals surface area contributed by atoms with Gasteiger partial charge in [0.1, 0.15) is 0 Å². The highest BCUT2D eigenvalue weighted by atomic mass is 16.1. The van der Waals surface area contributed by atoms with Gasteiger partial charge in [0.2, 0.25) is 0 Å². The topological polar surface area (TPSA) is 66.0 Å². The van der Waals surface area contributed by atoms with Crippen LogP contribution in [0.2, 0.25) is 0 Å². The molecular formula is C24H27N5O. The first-order valence-electron chi connectivity index (χ1n) is 10.2. The summed E-state index contributed by atoms with van der Waals surface area (Å²) in [7, 11) is 4.07. The second-order valence-corrected chi connectivity index (χ2v) is 7.58. The molecule has 0 radical (unpaired) electrons. The Hall–Kier alpha value is -3.54. The highest BCUT2D eigenvalue weighted by Crippen LogP contribution is 2.31. The van der Waals surface area contributed by atoms with Crippen molar-refractivity contribution in [3.05, 3.63) is 88.6 Å². The van der Waals surface area contributed by atoms with E-state index >= 15 is 0 Å². The van der Waals surface area contributed by atoms with Gasteiger partial charge in [0.25, 0.3) is 5.56 Å². The zero-order chi connectivity index (χ0) is 21.1. The molecule has 0 amide bonds. The molecule has 0 aliphatic carbocycles. The minimum absolute atomic E-state index is 0.0637. The Balaban J connectivity index is 1.71. The molecule has 0 saturated carbocycles. The lowest BCUT2D eigenvalue weighted by Crippen LogP contribution is -2.25. The molecule has 30 heavy (non-hydrogen) atoms. The molecule has 1 unspecified atom stereocenters. The number of hydrogen-bond donors (Lipinski definition) is 2. The Morgan fingerprint density at radius 2 is 1.90 bits per heavy atom. The van der Waals surface area contributed by atoms with Crippen LogP contribution in [0.3, 0.4) is 0 Å². The number of benzene rings is 2. The average molecular weight is 402 g/mol. The number of rotatable bonds is 7. The third kappa shape index (κ3) is 3.81. The van der Waals surface area contributed by atoms with Gasteiger partial charge in [-0.15, -0.1) is 0 Å². The number of aryl methyl sites for hydroxylation is 1. The Bertz CT molecular complexity index is 1190. The summed E-state index contributed by atoms with van der Waals surface area (Å²) < 4.78 is 1.65. The van der Waals surface area contributed by atoms with Crippen molar-refractivity contribution in [3.8, 4) is 0 Å². The molecule has 4 rings (SSSR count). The lowest BCUT2D eigenvalue weighted by molar-refractivity contribution is 0.716. The van der Waals surface area contributed by atoms with E-state index in [1.165, 1.54) is 16.5 Å². The largest absolute Gasteiger partial charge is 0.378 e. The van der Waals surface area contributed by atoms with Crippen LogP contribution in [0.5, 0.6) is 0 Å². The summed E-state index contributed by atoms with van der Waals surface area (Å²) in [4.78, 5) is 22.3. The first-order chi connectivity index (χ1) is 14.6. The Labute approximate surface area is 176 Å². The molecule has 0 bridgehead atoms. The van der Waals surface area contributed by atoms with Gasteiger partial charge in [0, 0.05) is 68.3 Å². The second kappa shape index (κ2) is 8.45. The molecule has 2 N–H and O–H groups in total. The number of fused-ring (bicyclic) bond motifs is 1. The van der Waals surface area contributed by atoms with E-state index in [4.69, 9.17) is 0 Å². The lowest BCUT2D eigenvalue weighted by Gasteiger charge is -2.20. The average Bonchev–Trinajstić information content (AvgIpc) is 3.19. The predicted octanol–water partition coefficient (Wildman–Crippen LogP) is 4.05. The number of aromatic nitrogens is 3. The van der Waals surface area contributed by atoms with Gasteiger partial charge in [0.05, 0.1) is 0 Å². The second-order valence-electron chi connectivity index (χ2n) is 7.58. The number of nitrogens with zero attached hydrogens (tertiary/aromatic N) is 3. The Kier molecular flexibility index (Phi) is 5.57. The van der Waals surface area contributed by atoms with Crippen molar-refractivity contribution in [2.75, 3.05) is 30.9 Å². The monoisotopic (exact) mass is 401 g/mol. The van der Waals surface area contributed by atoms with Crippen molar-refractivity contribution in [1.29, 1.82) is 0 Å². The van der Waals surface area contributed by atoms with Gasteiger partial charge < -0.3 is 19.8 Å². The number of hydrogen-bond acceptors (Lipinski definition) is 4. The van der Waals surface area contributed by atoms with E-state index in [2.05, 4.69) is 68.8 Å². The van der Waals surface area contributed by atoms with Gasteiger partial charge >= 0.3 is 0 Å². The van der Waals surface area contributed by atoms with Crippen LogP contribution in [0, 0.1) is 0 Å². The van der Waals surface area contributed by atoms with Crippen molar-refractivity contribution in [2.45, 2.75) is 19.4 Å². The number of H-pyrrole nitrogens is 1. The van der Waals surface area contributed by atoms with Gasteiger partial charge in [-0.1, -0.05) is 30.3 Å².